The molecular weight excluding hydrogens is 387 g/mol. The summed E-state index contributed by atoms with van der Waals surface area (Å²) in [6.45, 7) is 0. The van der Waals surface area contributed by atoms with Gasteiger partial charge in [0, 0.05) is 0 Å². The fourth-order valence-electron chi connectivity index (χ4n) is 4.46. The van der Waals surface area contributed by atoms with Crippen LogP contribution < -0.4 is 0 Å². The molecule has 1 fully saturated rings. The molecule has 1 saturated heterocycles. The zero-order chi connectivity index (χ0) is 18.0. The Morgan fingerprint density at radius 2 is 1.15 bits per heavy atom. The van der Waals surface area contributed by atoms with Crippen molar-refractivity contribution < 1.29 is 4.74 Å². The van der Waals surface area contributed by atoms with Gasteiger partial charge in [-0.3, -0.25) is 0 Å². The van der Waals surface area contributed by atoms with Crippen LogP contribution in [-0.2, 0) is 15.9 Å². The highest BCUT2D eigenvalue weighted by Gasteiger charge is 2.77. The van der Waals surface area contributed by atoms with Gasteiger partial charge in [0.25, 0.3) is 0 Å². The van der Waals surface area contributed by atoms with E-state index in [1.807, 2.05) is 78.9 Å². The molecule has 0 amide bonds. The van der Waals surface area contributed by atoms with E-state index in [0.717, 1.165) is 22.3 Å². The van der Waals surface area contributed by atoms with Crippen LogP contribution in [0.3, 0.4) is 0 Å². The molecule has 0 aromatic heterocycles. The van der Waals surface area contributed by atoms with Gasteiger partial charge in [-0.15, -0.1) is 11.6 Å². The van der Waals surface area contributed by atoms with Gasteiger partial charge < -0.3 is 4.74 Å². The van der Waals surface area contributed by atoms with Crippen molar-refractivity contribution in [2.75, 3.05) is 0 Å². The first kappa shape index (κ1) is 16.6. The van der Waals surface area contributed by atoms with E-state index in [1.54, 1.807) is 0 Å². The second-order valence-electron chi connectivity index (χ2n) is 6.78. The van der Waals surface area contributed by atoms with Crippen LogP contribution in [0.15, 0.2) is 84.9 Å². The lowest BCUT2D eigenvalue weighted by atomic mass is 9.71. The number of fused-ring (bicyclic) bond motifs is 5. The minimum atomic E-state index is -1.33. The molecule has 2 bridgehead atoms. The molecule has 2 aliphatic heterocycles. The first-order valence-electron chi connectivity index (χ1n) is 8.48. The van der Waals surface area contributed by atoms with Gasteiger partial charge in [0.2, 0.25) is 0 Å². The van der Waals surface area contributed by atoms with Crippen molar-refractivity contribution in [1.29, 1.82) is 0 Å². The summed E-state index contributed by atoms with van der Waals surface area (Å²) in [4.78, 5) is 0. The van der Waals surface area contributed by atoms with Crippen molar-refractivity contribution in [2.24, 2.45) is 0 Å². The largest absolute Gasteiger partial charge is 0.345 e. The number of hydrogen-bond acceptors (Lipinski definition) is 1. The predicted octanol–water partition coefficient (Wildman–Crippen LogP) is 6.00. The molecule has 3 aromatic carbocycles. The van der Waals surface area contributed by atoms with Gasteiger partial charge in [-0.1, -0.05) is 108 Å². The van der Waals surface area contributed by atoms with Crippen LogP contribution in [0.25, 0.3) is 0 Å². The van der Waals surface area contributed by atoms with Crippen molar-refractivity contribution in [3.63, 3.8) is 0 Å². The summed E-state index contributed by atoms with van der Waals surface area (Å²) < 4.78 is 5.49. The number of ether oxygens (including phenoxy) is 1. The third-order valence-corrected chi connectivity index (χ3v) is 7.37. The number of rotatable bonds is 2. The monoisotopic (exact) mass is 400 g/mol. The Balaban J connectivity index is 1.89. The van der Waals surface area contributed by atoms with E-state index in [0.29, 0.717) is 0 Å². The Labute approximate surface area is 167 Å². The molecule has 3 aromatic rings. The maximum absolute atomic E-state index is 6.98. The molecule has 2 heterocycles. The topological polar surface area (TPSA) is 9.23 Å². The fourth-order valence-corrected chi connectivity index (χ4v) is 5.71. The van der Waals surface area contributed by atoms with E-state index in [4.69, 9.17) is 39.5 Å². The Kier molecular flexibility index (Phi) is 3.52. The molecule has 4 heteroatoms. The highest BCUT2D eigenvalue weighted by atomic mass is 35.5. The average Bonchev–Trinajstić information content (AvgIpc) is 3.11. The molecule has 130 valence electrons. The number of hydrogen-bond donors (Lipinski definition) is 0. The second-order valence-corrected chi connectivity index (χ2v) is 8.60. The molecule has 0 aliphatic carbocycles. The van der Waals surface area contributed by atoms with Gasteiger partial charge in [0.1, 0.15) is 11.0 Å². The van der Waals surface area contributed by atoms with Crippen LogP contribution in [0.2, 0.25) is 0 Å². The lowest BCUT2D eigenvalue weighted by molar-refractivity contribution is -0.0414. The summed E-state index contributed by atoms with van der Waals surface area (Å²) in [6.07, 6.45) is 0. The Morgan fingerprint density at radius 3 is 1.77 bits per heavy atom. The standard InChI is InChI=1S/C22H15Cl3O/c23-19-20(15-9-3-1-4-10-15)17-13-7-8-14-18(17)21(26-20,22(19,24)25)16-11-5-2-6-12-16/h1-14,19H. The summed E-state index contributed by atoms with van der Waals surface area (Å²) in [5, 5.41) is -0.657. The maximum atomic E-state index is 6.98. The molecule has 3 atom stereocenters. The SMILES string of the molecule is ClC1C2(c3ccccc3)OC(c3ccccc3)(c3ccccc32)C1(Cl)Cl. The summed E-state index contributed by atoms with van der Waals surface area (Å²) >= 11 is 20.9. The number of alkyl halides is 3. The molecule has 3 unspecified atom stereocenters. The molecule has 0 radical (unpaired) electrons. The van der Waals surface area contributed by atoms with Crippen molar-refractivity contribution in [1.82, 2.24) is 0 Å². The Bertz CT molecular complexity index is 973. The van der Waals surface area contributed by atoms with Gasteiger partial charge in [-0.05, 0) is 22.3 Å². The van der Waals surface area contributed by atoms with Gasteiger partial charge >= 0.3 is 0 Å². The van der Waals surface area contributed by atoms with Crippen LogP contribution in [0.5, 0.6) is 0 Å². The highest BCUT2D eigenvalue weighted by molar-refractivity contribution is 6.54. The molecular formula is C22H15Cl3O. The van der Waals surface area contributed by atoms with Crippen LogP contribution in [0.1, 0.15) is 22.3 Å². The van der Waals surface area contributed by atoms with Gasteiger partial charge in [-0.2, -0.15) is 0 Å². The zero-order valence-corrected chi connectivity index (χ0v) is 16.0. The molecule has 1 nitrogen and oxygen atoms in total. The van der Waals surface area contributed by atoms with E-state index in [2.05, 4.69) is 6.07 Å². The van der Waals surface area contributed by atoms with Crippen LogP contribution in [-0.4, -0.2) is 9.71 Å². The summed E-state index contributed by atoms with van der Waals surface area (Å²) in [7, 11) is 0. The lowest BCUT2D eigenvalue weighted by Gasteiger charge is -2.40. The molecule has 2 aliphatic rings. The van der Waals surface area contributed by atoms with Crippen LogP contribution in [0.4, 0.5) is 0 Å². The second kappa shape index (κ2) is 5.50. The summed E-state index contributed by atoms with van der Waals surface area (Å²) in [5.74, 6) is 0. The predicted molar refractivity (Wildman–Crippen MR) is 106 cm³/mol. The van der Waals surface area contributed by atoms with E-state index >= 15 is 0 Å². The van der Waals surface area contributed by atoms with Crippen molar-refractivity contribution in [2.45, 2.75) is 20.9 Å². The molecule has 0 saturated carbocycles. The summed E-state index contributed by atoms with van der Waals surface area (Å²) in [5.41, 5.74) is 1.91. The Morgan fingerprint density at radius 1 is 0.654 bits per heavy atom. The minimum Gasteiger partial charge on any atom is -0.345 e. The average molecular weight is 402 g/mol. The van der Waals surface area contributed by atoms with Gasteiger partial charge in [-0.25, -0.2) is 0 Å². The van der Waals surface area contributed by atoms with Gasteiger partial charge in [0.05, 0.1) is 0 Å². The van der Waals surface area contributed by atoms with E-state index < -0.39 is 20.9 Å². The van der Waals surface area contributed by atoms with Crippen LogP contribution >= 0.6 is 34.8 Å². The first-order chi connectivity index (χ1) is 12.5. The summed E-state index contributed by atoms with van der Waals surface area (Å²) in [6, 6.07) is 27.9. The third kappa shape index (κ3) is 1.78. The van der Waals surface area contributed by atoms with E-state index in [1.165, 1.54) is 0 Å². The molecule has 26 heavy (non-hydrogen) atoms. The van der Waals surface area contributed by atoms with Gasteiger partial charge in [0.15, 0.2) is 9.93 Å². The number of halogens is 3. The normalized spacial score (nSPS) is 31.0. The number of benzene rings is 3. The maximum Gasteiger partial charge on any atom is 0.175 e. The quantitative estimate of drug-likeness (QED) is 0.479. The van der Waals surface area contributed by atoms with E-state index in [-0.39, 0.29) is 0 Å². The highest BCUT2D eigenvalue weighted by Crippen LogP contribution is 2.72. The van der Waals surface area contributed by atoms with Crippen LogP contribution in [0, 0.1) is 0 Å². The first-order valence-corrected chi connectivity index (χ1v) is 9.67. The minimum absolute atomic E-state index is 0.657. The zero-order valence-electron chi connectivity index (χ0n) is 13.7. The molecule has 0 spiro atoms. The van der Waals surface area contributed by atoms with Crippen molar-refractivity contribution >= 4 is 34.8 Å². The van der Waals surface area contributed by atoms with Crippen molar-refractivity contribution in [3.05, 3.63) is 107 Å². The Hall–Kier alpha value is -1.51. The molecule has 5 rings (SSSR count). The van der Waals surface area contributed by atoms with Crippen molar-refractivity contribution in [3.8, 4) is 0 Å². The smallest absolute Gasteiger partial charge is 0.175 e. The lowest BCUT2D eigenvalue weighted by Crippen LogP contribution is -2.49. The third-order valence-electron chi connectivity index (χ3n) is 5.55. The fraction of sp³-hybridized carbons (Fsp3) is 0.182. The molecule has 0 N–H and O–H groups in total. The van der Waals surface area contributed by atoms with E-state index in [9.17, 15) is 0 Å².